The third-order valence-corrected chi connectivity index (χ3v) is 8.09. The molecule has 1 aromatic heterocycles. The van der Waals surface area contributed by atoms with Crippen molar-refractivity contribution in [3.8, 4) is 5.75 Å². The molecule has 4 nitrogen and oxygen atoms in total. The van der Waals surface area contributed by atoms with Gasteiger partial charge in [-0.25, -0.2) is 4.67 Å². The molecule has 0 amide bonds. The minimum absolute atomic E-state index is 0.572. The average molecular weight is 399 g/mol. The van der Waals surface area contributed by atoms with Gasteiger partial charge >= 0.3 is 0 Å². The molecule has 0 aliphatic carbocycles. The van der Waals surface area contributed by atoms with Crippen molar-refractivity contribution in [1.82, 2.24) is 9.65 Å². The monoisotopic (exact) mass is 399 g/mol. The van der Waals surface area contributed by atoms with Crippen LogP contribution in [0.25, 0.3) is 21.7 Å². The maximum Gasteiger partial charge on any atom is 0.279 e. The lowest BCUT2D eigenvalue weighted by molar-refractivity contribution is 0.433. The summed E-state index contributed by atoms with van der Waals surface area (Å²) in [5.41, 5.74) is 2.22. The van der Waals surface area contributed by atoms with Crippen LogP contribution < -0.4 is 9.19 Å². The molecule has 0 saturated carbocycles. The first-order chi connectivity index (χ1) is 14.4. The summed E-state index contributed by atoms with van der Waals surface area (Å²) in [6.45, 7) is 2.13. The molecule has 2 fully saturated rings. The summed E-state index contributed by atoms with van der Waals surface area (Å²) in [6.07, 6.45) is 4.35. The van der Waals surface area contributed by atoms with Crippen molar-refractivity contribution in [3.05, 3.63) is 79.0 Å². The lowest BCUT2D eigenvalue weighted by Gasteiger charge is -2.30. The molecule has 0 spiro atoms. The van der Waals surface area contributed by atoms with Gasteiger partial charge in [-0.3, -0.25) is 4.98 Å². The number of aromatic nitrogens is 1. The van der Waals surface area contributed by atoms with Crippen LogP contribution in [0.5, 0.6) is 5.75 Å². The maximum absolute atomic E-state index is 6.77. The number of benzene rings is 3. The topological polar surface area (TPSA) is 28.6 Å². The number of nitrogens with zero attached hydrogens (tertiary/aromatic N) is 3. The molecule has 3 heterocycles. The maximum atomic E-state index is 6.77. The lowest BCUT2D eigenvalue weighted by atomic mass is 10.1. The number of hydrogen-bond donors (Lipinski definition) is 0. The zero-order valence-electron chi connectivity index (χ0n) is 16.1. The number of rotatable bonds is 3. The number of anilines is 1. The van der Waals surface area contributed by atoms with E-state index in [-0.39, 0.29) is 0 Å². The van der Waals surface area contributed by atoms with Gasteiger partial charge in [0.05, 0.1) is 5.69 Å². The molecular formula is C24H22N3OP. The van der Waals surface area contributed by atoms with Gasteiger partial charge in [0.1, 0.15) is 5.52 Å². The minimum Gasteiger partial charge on any atom is -0.438 e. The smallest absolute Gasteiger partial charge is 0.279 e. The van der Waals surface area contributed by atoms with E-state index in [2.05, 4.69) is 81.1 Å². The summed E-state index contributed by atoms with van der Waals surface area (Å²) in [5, 5.41) is 3.69. The fourth-order valence-corrected chi connectivity index (χ4v) is 6.87. The molecule has 6 rings (SSSR count). The zero-order chi connectivity index (χ0) is 19.2. The van der Waals surface area contributed by atoms with E-state index in [1.807, 2.05) is 12.3 Å². The lowest BCUT2D eigenvalue weighted by Crippen LogP contribution is -2.20. The predicted octanol–water partition coefficient (Wildman–Crippen LogP) is 5.98. The van der Waals surface area contributed by atoms with Crippen LogP contribution in [-0.2, 0) is 0 Å². The second-order valence-electron chi connectivity index (χ2n) is 7.71. The Bertz CT molecular complexity index is 1190. The Morgan fingerprint density at radius 2 is 1.72 bits per heavy atom. The van der Waals surface area contributed by atoms with Gasteiger partial charge in [-0.1, -0.05) is 54.6 Å². The van der Waals surface area contributed by atoms with Crippen LogP contribution in [0.2, 0.25) is 0 Å². The Hall–Kier alpha value is -2.68. The van der Waals surface area contributed by atoms with Crippen LogP contribution in [-0.4, -0.2) is 28.8 Å². The number of fused-ring (bicyclic) bond motifs is 3. The zero-order valence-corrected chi connectivity index (χ0v) is 17.0. The van der Waals surface area contributed by atoms with Gasteiger partial charge in [0.25, 0.3) is 8.45 Å². The van der Waals surface area contributed by atoms with Crippen LogP contribution >= 0.6 is 8.45 Å². The van der Waals surface area contributed by atoms with Gasteiger partial charge in [-0.05, 0) is 36.4 Å². The molecular weight excluding hydrogens is 377 g/mol. The number of hydrogen-bond acceptors (Lipinski definition) is 4. The Morgan fingerprint density at radius 3 is 2.72 bits per heavy atom. The largest absolute Gasteiger partial charge is 0.438 e. The van der Waals surface area contributed by atoms with Crippen LogP contribution in [0.15, 0.2) is 79.0 Å². The third kappa shape index (κ3) is 2.87. The van der Waals surface area contributed by atoms with E-state index >= 15 is 0 Å². The molecule has 3 aromatic carbocycles. The summed E-state index contributed by atoms with van der Waals surface area (Å²) in [6, 6.07) is 26.1. The van der Waals surface area contributed by atoms with E-state index in [1.54, 1.807) is 0 Å². The van der Waals surface area contributed by atoms with Gasteiger partial charge in [0.2, 0.25) is 0 Å². The van der Waals surface area contributed by atoms with Crippen molar-refractivity contribution in [2.45, 2.75) is 18.9 Å². The molecule has 2 aliphatic rings. The van der Waals surface area contributed by atoms with Crippen molar-refractivity contribution < 1.29 is 4.52 Å². The van der Waals surface area contributed by atoms with E-state index in [0.717, 1.165) is 29.7 Å². The van der Waals surface area contributed by atoms with Crippen LogP contribution in [0.3, 0.4) is 0 Å². The van der Waals surface area contributed by atoms with Gasteiger partial charge < -0.3 is 9.19 Å². The van der Waals surface area contributed by atoms with Gasteiger partial charge in [0.15, 0.2) is 5.75 Å². The molecule has 4 aromatic rings. The van der Waals surface area contributed by atoms with Crippen LogP contribution in [0.4, 0.5) is 5.69 Å². The van der Waals surface area contributed by atoms with Crippen LogP contribution in [0.1, 0.15) is 12.8 Å². The fourth-order valence-electron chi connectivity index (χ4n) is 4.60. The second kappa shape index (κ2) is 6.98. The summed E-state index contributed by atoms with van der Waals surface area (Å²) in [7, 11) is -0.921. The second-order valence-corrected chi connectivity index (χ2v) is 9.40. The highest BCUT2D eigenvalue weighted by atomic mass is 31.2. The van der Waals surface area contributed by atoms with Crippen molar-refractivity contribution >= 4 is 35.8 Å². The average Bonchev–Trinajstić information content (AvgIpc) is 3.36. The van der Waals surface area contributed by atoms with Crippen molar-refractivity contribution in [2.24, 2.45) is 0 Å². The molecule has 1 unspecified atom stereocenters. The van der Waals surface area contributed by atoms with E-state index < -0.39 is 8.45 Å². The van der Waals surface area contributed by atoms with Gasteiger partial charge in [-0.15, -0.1) is 0 Å². The molecule has 2 saturated heterocycles. The summed E-state index contributed by atoms with van der Waals surface area (Å²) in [5.74, 6) is 0.881. The van der Waals surface area contributed by atoms with E-state index in [9.17, 15) is 0 Å². The molecule has 2 atom stereocenters. The highest BCUT2D eigenvalue weighted by molar-refractivity contribution is 7.52. The minimum atomic E-state index is -0.921. The summed E-state index contributed by atoms with van der Waals surface area (Å²) in [4.78, 5) is 4.60. The molecule has 0 radical (unpaired) electrons. The SMILES string of the molecule is c1ccc2c(N3C[C@@H]4CCCN4P3Oc3cccc4cccnc34)cccc2c1. The molecule has 2 aliphatic heterocycles. The first kappa shape index (κ1) is 17.2. The van der Waals surface area contributed by atoms with Gasteiger partial charge in [-0.2, -0.15) is 0 Å². The standard InChI is InChI=1S/C24H22N3OP/c1-2-12-21-18(7-1)8-3-13-22(21)27-17-20-11-6-16-26(20)29(27)28-23-14-4-9-19-10-5-15-25-24(19)23/h1-5,7-10,12-15,20H,6,11,16-17H2/t20-,29?/m0/s1. The van der Waals surface area contributed by atoms with Gasteiger partial charge in [0, 0.05) is 36.1 Å². The Labute approximate surface area is 171 Å². The van der Waals surface area contributed by atoms with E-state index in [0.29, 0.717) is 6.04 Å². The Balaban J connectivity index is 1.45. The van der Waals surface area contributed by atoms with E-state index in [1.165, 1.54) is 29.3 Å². The Morgan fingerprint density at radius 1 is 0.897 bits per heavy atom. The summed E-state index contributed by atoms with van der Waals surface area (Å²) >= 11 is 0. The van der Waals surface area contributed by atoms with Crippen molar-refractivity contribution in [1.29, 1.82) is 0 Å². The normalized spacial score (nSPS) is 21.7. The number of para-hydroxylation sites is 1. The predicted molar refractivity (Wildman–Crippen MR) is 120 cm³/mol. The van der Waals surface area contributed by atoms with Crippen molar-refractivity contribution in [2.75, 3.05) is 17.8 Å². The summed E-state index contributed by atoms with van der Waals surface area (Å²) < 4.78 is 11.9. The third-order valence-electron chi connectivity index (χ3n) is 5.98. The molecule has 144 valence electrons. The molecule has 5 heteroatoms. The Kier molecular flexibility index (Phi) is 4.14. The van der Waals surface area contributed by atoms with Crippen LogP contribution in [0, 0.1) is 0 Å². The quantitative estimate of drug-likeness (QED) is 0.396. The molecule has 0 bridgehead atoms. The highest BCUT2D eigenvalue weighted by Crippen LogP contribution is 2.58. The van der Waals surface area contributed by atoms with Crippen molar-refractivity contribution in [3.63, 3.8) is 0 Å². The molecule has 29 heavy (non-hydrogen) atoms. The van der Waals surface area contributed by atoms with E-state index in [4.69, 9.17) is 4.52 Å². The number of pyridine rings is 1. The first-order valence-electron chi connectivity index (χ1n) is 10.2. The highest BCUT2D eigenvalue weighted by Gasteiger charge is 2.45. The molecule has 0 N–H and O–H groups in total. The first-order valence-corrected chi connectivity index (χ1v) is 11.4. The fraction of sp³-hybridized carbons (Fsp3) is 0.208.